The molecule has 5 nitrogen and oxygen atoms in total. The number of rotatable bonds is 4. The van der Waals surface area contributed by atoms with Crippen molar-refractivity contribution in [1.29, 1.82) is 0 Å². The minimum Gasteiger partial charge on any atom is -0.481 e. The van der Waals surface area contributed by atoms with Crippen LogP contribution >= 0.6 is 11.8 Å². The molecular weight excluding hydrogens is 274 g/mol. The van der Waals surface area contributed by atoms with Crippen molar-refractivity contribution in [2.24, 2.45) is 0 Å². The van der Waals surface area contributed by atoms with Gasteiger partial charge in [0.05, 0.1) is 17.5 Å². The number of hydrogen-bond donors (Lipinski definition) is 2. The summed E-state index contributed by atoms with van der Waals surface area (Å²) >= 11 is 1.30. The summed E-state index contributed by atoms with van der Waals surface area (Å²) in [5.41, 5.74) is 2.73. The van der Waals surface area contributed by atoms with Crippen LogP contribution in [-0.4, -0.2) is 31.8 Å². The highest BCUT2D eigenvalue weighted by atomic mass is 32.2. The largest absolute Gasteiger partial charge is 0.481 e. The number of hydrogen-bond acceptors (Lipinski definition) is 4. The Kier molecular flexibility index (Phi) is 3.39. The van der Waals surface area contributed by atoms with E-state index in [1.54, 1.807) is 12.4 Å². The predicted octanol–water partition coefficient (Wildman–Crippen LogP) is 2.80. The lowest BCUT2D eigenvalue weighted by Gasteiger charge is -2.00. The van der Waals surface area contributed by atoms with Crippen LogP contribution in [0.2, 0.25) is 0 Å². The summed E-state index contributed by atoms with van der Waals surface area (Å²) in [7, 11) is 0. The van der Waals surface area contributed by atoms with Crippen molar-refractivity contribution in [2.45, 2.75) is 4.90 Å². The number of H-pyrrole nitrogens is 1. The maximum absolute atomic E-state index is 10.5. The lowest BCUT2D eigenvalue weighted by atomic mass is 10.2. The van der Waals surface area contributed by atoms with E-state index in [1.807, 2.05) is 30.3 Å². The average Bonchev–Trinajstić information content (AvgIpc) is 2.89. The van der Waals surface area contributed by atoms with Gasteiger partial charge in [0.15, 0.2) is 0 Å². The molecule has 0 radical (unpaired) electrons. The van der Waals surface area contributed by atoms with Gasteiger partial charge in [-0.1, -0.05) is 12.1 Å². The number of aromatic nitrogens is 3. The molecule has 0 amide bonds. The molecule has 6 heteroatoms. The molecule has 0 aliphatic rings. The number of aliphatic carboxylic acids is 1. The first-order valence-corrected chi connectivity index (χ1v) is 6.96. The van der Waals surface area contributed by atoms with Gasteiger partial charge in [0, 0.05) is 16.7 Å². The van der Waals surface area contributed by atoms with Crippen molar-refractivity contribution < 1.29 is 9.90 Å². The predicted molar refractivity (Wildman–Crippen MR) is 77.7 cm³/mol. The summed E-state index contributed by atoms with van der Waals surface area (Å²) in [5.74, 6) is 0.0296. The monoisotopic (exact) mass is 285 g/mol. The number of pyridine rings is 1. The number of aromatic amines is 1. The minimum absolute atomic E-state index is 0.0651. The van der Waals surface area contributed by atoms with Crippen LogP contribution in [0.5, 0.6) is 0 Å². The number of fused-ring (bicyclic) bond motifs is 1. The van der Waals surface area contributed by atoms with Crippen LogP contribution in [0, 0.1) is 0 Å². The van der Waals surface area contributed by atoms with Crippen molar-refractivity contribution in [1.82, 2.24) is 15.0 Å². The first-order valence-electron chi connectivity index (χ1n) is 5.97. The smallest absolute Gasteiger partial charge is 0.313 e. The fourth-order valence-corrected chi connectivity index (χ4v) is 2.47. The average molecular weight is 285 g/mol. The van der Waals surface area contributed by atoms with Crippen molar-refractivity contribution in [2.75, 3.05) is 5.75 Å². The molecule has 2 heterocycles. The molecule has 0 saturated heterocycles. The van der Waals surface area contributed by atoms with Crippen LogP contribution < -0.4 is 0 Å². The van der Waals surface area contributed by atoms with E-state index in [4.69, 9.17) is 5.11 Å². The Morgan fingerprint density at radius 3 is 2.75 bits per heavy atom. The fraction of sp³-hybridized carbons (Fsp3) is 0.0714. The lowest BCUT2D eigenvalue weighted by Crippen LogP contribution is -1.97. The van der Waals surface area contributed by atoms with Gasteiger partial charge < -0.3 is 10.1 Å². The second kappa shape index (κ2) is 5.34. The molecule has 3 rings (SSSR count). The highest BCUT2D eigenvalue weighted by Crippen LogP contribution is 2.24. The maximum Gasteiger partial charge on any atom is 0.313 e. The molecule has 1 aromatic carbocycles. The molecule has 2 N–H and O–H groups in total. The molecule has 0 fully saturated rings. The molecule has 3 aromatic rings. The zero-order valence-corrected chi connectivity index (χ0v) is 11.2. The maximum atomic E-state index is 10.5. The Bertz CT molecular complexity index is 719. The van der Waals surface area contributed by atoms with Gasteiger partial charge in [0.25, 0.3) is 0 Å². The molecule has 2 aromatic heterocycles. The molecule has 20 heavy (non-hydrogen) atoms. The Morgan fingerprint density at radius 2 is 2.05 bits per heavy atom. The Labute approximate surface area is 119 Å². The Morgan fingerprint density at radius 1 is 1.25 bits per heavy atom. The second-order valence-corrected chi connectivity index (χ2v) is 5.23. The van der Waals surface area contributed by atoms with Gasteiger partial charge >= 0.3 is 5.97 Å². The van der Waals surface area contributed by atoms with Gasteiger partial charge in [-0.05, 0) is 18.2 Å². The molecule has 0 saturated carbocycles. The number of nitrogens with zero attached hydrogens (tertiary/aromatic N) is 2. The zero-order chi connectivity index (χ0) is 13.9. The quantitative estimate of drug-likeness (QED) is 0.721. The summed E-state index contributed by atoms with van der Waals surface area (Å²) in [6.45, 7) is 0. The topological polar surface area (TPSA) is 78.9 Å². The van der Waals surface area contributed by atoms with Crippen LogP contribution in [0.1, 0.15) is 0 Å². The van der Waals surface area contributed by atoms with Gasteiger partial charge in [-0.15, -0.1) is 11.8 Å². The number of carboxylic acid groups (broad SMARTS) is 1. The highest BCUT2D eigenvalue weighted by Gasteiger charge is 2.05. The van der Waals surface area contributed by atoms with E-state index in [-0.39, 0.29) is 5.75 Å². The molecule has 0 atom stereocenters. The van der Waals surface area contributed by atoms with Crippen LogP contribution in [-0.2, 0) is 4.79 Å². The summed E-state index contributed by atoms with van der Waals surface area (Å²) in [4.78, 5) is 23.2. The first kappa shape index (κ1) is 12.7. The van der Waals surface area contributed by atoms with Gasteiger partial charge in [0.1, 0.15) is 11.3 Å². The summed E-state index contributed by atoms with van der Waals surface area (Å²) < 4.78 is 0. The van der Waals surface area contributed by atoms with Crippen molar-refractivity contribution in [3.05, 3.63) is 42.7 Å². The van der Waals surface area contributed by atoms with E-state index in [0.717, 1.165) is 27.3 Å². The normalized spacial score (nSPS) is 10.8. The van der Waals surface area contributed by atoms with E-state index >= 15 is 0 Å². The zero-order valence-electron chi connectivity index (χ0n) is 10.4. The molecule has 0 bridgehead atoms. The van der Waals surface area contributed by atoms with Crippen molar-refractivity contribution in [3.8, 4) is 11.4 Å². The third kappa shape index (κ3) is 2.65. The standard InChI is InChI=1S/C14H11N3O2S/c18-13(19)8-20-10-3-1-9(2-4-10)14-16-11-5-6-15-7-12(11)17-14/h1-7H,8H2,(H,16,17)(H,18,19). The number of carboxylic acids is 1. The Balaban J connectivity index is 1.85. The van der Waals surface area contributed by atoms with E-state index in [2.05, 4.69) is 15.0 Å². The molecular formula is C14H11N3O2S. The van der Waals surface area contributed by atoms with Crippen molar-refractivity contribution in [3.63, 3.8) is 0 Å². The summed E-state index contributed by atoms with van der Waals surface area (Å²) in [6.07, 6.45) is 3.43. The molecule has 100 valence electrons. The van der Waals surface area contributed by atoms with Gasteiger partial charge in [0.2, 0.25) is 0 Å². The number of carbonyl (C=O) groups is 1. The van der Waals surface area contributed by atoms with E-state index in [1.165, 1.54) is 11.8 Å². The number of nitrogens with one attached hydrogen (secondary N) is 1. The van der Waals surface area contributed by atoms with Gasteiger partial charge in [-0.2, -0.15) is 0 Å². The summed E-state index contributed by atoms with van der Waals surface area (Å²) in [5, 5.41) is 8.65. The van der Waals surface area contributed by atoms with Crippen LogP contribution in [0.25, 0.3) is 22.4 Å². The van der Waals surface area contributed by atoms with E-state index in [0.29, 0.717) is 0 Å². The third-order valence-corrected chi connectivity index (χ3v) is 3.77. The number of imidazole rings is 1. The Hall–Kier alpha value is -2.34. The van der Waals surface area contributed by atoms with Crippen LogP contribution in [0.15, 0.2) is 47.6 Å². The van der Waals surface area contributed by atoms with Crippen LogP contribution in [0.3, 0.4) is 0 Å². The first-order chi connectivity index (χ1) is 9.72. The molecule has 0 aliphatic carbocycles. The third-order valence-electron chi connectivity index (χ3n) is 2.78. The fourth-order valence-electron chi connectivity index (χ4n) is 1.85. The number of thioether (sulfide) groups is 1. The SMILES string of the molecule is O=C(O)CSc1ccc(-c2nc3cnccc3[nH]2)cc1. The van der Waals surface area contributed by atoms with E-state index < -0.39 is 5.97 Å². The second-order valence-electron chi connectivity index (χ2n) is 4.19. The molecule has 0 aliphatic heterocycles. The summed E-state index contributed by atoms with van der Waals surface area (Å²) in [6, 6.07) is 9.52. The molecule has 0 spiro atoms. The van der Waals surface area contributed by atoms with Crippen molar-refractivity contribution >= 4 is 28.8 Å². The van der Waals surface area contributed by atoms with Gasteiger partial charge in [-0.3, -0.25) is 9.78 Å². The highest BCUT2D eigenvalue weighted by molar-refractivity contribution is 8.00. The lowest BCUT2D eigenvalue weighted by molar-refractivity contribution is -0.133. The van der Waals surface area contributed by atoms with Crippen LogP contribution in [0.4, 0.5) is 0 Å². The van der Waals surface area contributed by atoms with Gasteiger partial charge in [-0.25, -0.2) is 4.98 Å². The number of benzene rings is 1. The van der Waals surface area contributed by atoms with E-state index in [9.17, 15) is 4.79 Å². The molecule has 0 unspecified atom stereocenters. The minimum atomic E-state index is -0.816.